The summed E-state index contributed by atoms with van der Waals surface area (Å²) < 4.78 is 7.85. The summed E-state index contributed by atoms with van der Waals surface area (Å²) in [7, 11) is 1.98. The fraction of sp³-hybridized carbons (Fsp3) is 0.765. The van der Waals surface area contributed by atoms with Crippen LogP contribution in [-0.4, -0.2) is 34.3 Å². The molecule has 0 radical (unpaired) electrons. The Morgan fingerprint density at radius 3 is 2.65 bits per heavy atom. The molecule has 2 N–H and O–H groups in total. The normalized spacial score (nSPS) is 27.9. The van der Waals surface area contributed by atoms with Crippen LogP contribution in [0.4, 0.5) is 4.79 Å². The van der Waals surface area contributed by atoms with Crippen molar-refractivity contribution < 1.29 is 9.53 Å². The number of urea groups is 1. The number of carbonyl (C=O) groups is 1. The van der Waals surface area contributed by atoms with Crippen molar-refractivity contribution >= 4 is 6.03 Å². The van der Waals surface area contributed by atoms with Gasteiger partial charge in [-0.05, 0) is 50.4 Å². The summed E-state index contributed by atoms with van der Waals surface area (Å²) in [5, 5.41) is 6.41. The molecular formula is C17H26N4O2. The molecule has 3 fully saturated rings. The van der Waals surface area contributed by atoms with Gasteiger partial charge in [-0.3, -0.25) is 0 Å². The van der Waals surface area contributed by atoms with Crippen molar-refractivity contribution in [2.45, 2.75) is 56.7 Å². The minimum atomic E-state index is 0.00413. The molecule has 2 atom stereocenters. The Morgan fingerprint density at radius 2 is 2.04 bits per heavy atom. The second-order valence-corrected chi connectivity index (χ2v) is 7.33. The summed E-state index contributed by atoms with van der Waals surface area (Å²) in [6, 6.07) is 0.579. The number of hydrogen-bond donors (Lipinski definition) is 2. The lowest BCUT2D eigenvalue weighted by atomic mass is 10.0. The van der Waals surface area contributed by atoms with Crippen LogP contribution in [0.15, 0.2) is 12.5 Å². The molecule has 0 aromatic carbocycles. The molecule has 126 valence electrons. The number of hydrogen-bond acceptors (Lipinski definition) is 3. The van der Waals surface area contributed by atoms with Crippen LogP contribution in [-0.2, 0) is 11.8 Å². The second-order valence-electron chi connectivity index (χ2n) is 7.33. The fourth-order valence-corrected chi connectivity index (χ4v) is 3.72. The van der Waals surface area contributed by atoms with E-state index in [0.29, 0.717) is 12.6 Å². The zero-order valence-electron chi connectivity index (χ0n) is 13.7. The molecule has 4 rings (SSSR count). The highest BCUT2D eigenvalue weighted by Crippen LogP contribution is 2.44. The first-order valence-electron chi connectivity index (χ1n) is 8.85. The van der Waals surface area contributed by atoms with Crippen LogP contribution in [0.2, 0.25) is 0 Å². The summed E-state index contributed by atoms with van der Waals surface area (Å²) in [6.45, 7) is 0.676. The lowest BCUT2D eigenvalue weighted by Crippen LogP contribution is -2.49. The van der Waals surface area contributed by atoms with Gasteiger partial charge in [0, 0.05) is 25.7 Å². The number of nitrogens with zero attached hydrogens (tertiary/aromatic N) is 2. The van der Waals surface area contributed by atoms with Crippen LogP contribution >= 0.6 is 0 Å². The van der Waals surface area contributed by atoms with Crippen molar-refractivity contribution in [2.24, 2.45) is 18.9 Å². The van der Waals surface area contributed by atoms with Crippen molar-refractivity contribution in [1.29, 1.82) is 0 Å². The predicted molar refractivity (Wildman–Crippen MR) is 85.8 cm³/mol. The minimum absolute atomic E-state index is 0.00413. The molecule has 0 unspecified atom stereocenters. The molecule has 3 aliphatic rings. The summed E-state index contributed by atoms with van der Waals surface area (Å²) >= 11 is 0. The fourth-order valence-electron chi connectivity index (χ4n) is 3.72. The maximum absolute atomic E-state index is 12.4. The van der Waals surface area contributed by atoms with Gasteiger partial charge in [-0.2, -0.15) is 0 Å². The van der Waals surface area contributed by atoms with Crippen LogP contribution in [0.3, 0.4) is 0 Å². The van der Waals surface area contributed by atoms with E-state index < -0.39 is 0 Å². The first-order valence-corrected chi connectivity index (χ1v) is 8.85. The Kier molecular flexibility index (Phi) is 4.01. The molecule has 6 heteroatoms. The van der Waals surface area contributed by atoms with Crippen molar-refractivity contribution in [3.63, 3.8) is 0 Å². The molecule has 1 aromatic rings. The standard InChI is InChI=1S/C17H26N4O2/c1-21-10-18-9-14(21)15-8-13(6-7-23-15)19-17(22)20-16(11-2-3-11)12-4-5-12/h9-13,15-16H,2-8H2,1H3,(H2,19,20,22)/t13-,15+/m1/s1. The monoisotopic (exact) mass is 318 g/mol. The van der Waals surface area contributed by atoms with E-state index in [-0.39, 0.29) is 18.2 Å². The Morgan fingerprint density at radius 1 is 1.30 bits per heavy atom. The molecule has 2 heterocycles. The average Bonchev–Trinajstić information content (AvgIpc) is 3.44. The van der Waals surface area contributed by atoms with Gasteiger partial charge in [0.15, 0.2) is 0 Å². The van der Waals surface area contributed by atoms with Crippen molar-refractivity contribution in [1.82, 2.24) is 20.2 Å². The highest BCUT2D eigenvalue weighted by molar-refractivity contribution is 5.74. The van der Waals surface area contributed by atoms with Crippen LogP contribution in [0, 0.1) is 11.8 Å². The van der Waals surface area contributed by atoms with E-state index in [1.165, 1.54) is 25.7 Å². The third-order valence-electron chi connectivity index (χ3n) is 5.36. The highest BCUT2D eigenvalue weighted by Gasteiger charge is 2.42. The van der Waals surface area contributed by atoms with E-state index >= 15 is 0 Å². The smallest absolute Gasteiger partial charge is 0.315 e. The van der Waals surface area contributed by atoms with Crippen molar-refractivity contribution in [3.05, 3.63) is 18.2 Å². The zero-order chi connectivity index (χ0) is 15.8. The van der Waals surface area contributed by atoms with Gasteiger partial charge in [0.2, 0.25) is 0 Å². The van der Waals surface area contributed by atoms with E-state index in [1.807, 2.05) is 17.8 Å². The second kappa shape index (κ2) is 6.15. The zero-order valence-corrected chi connectivity index (χ0v) is 13.7. The van der Waals surface area contributed by atoms with Gasteiger partial charge in [0.25, 0.3) is 0 Å². The van der Waals surface area contributed by atoms with Gasteiger partial charge in [0.1, 0.15) is 6.10 Å². The van der Waals surface area contributed by atoms with Crippen LogP contribution < -0.4 is 10.6 Å². The lowest BCUT2D eigenvalue weighted by molar-refractivity contribution is -0.00185. The van der Waals surface area contributed by atoms with Crippen molar-refractivity contribution in [2.75, 3.05) is 6.61 Å². The first-order chi connectivity index (χ1) is 11.2. The molecule has 23 heavy (non-hydrogen) atoms. The molecule has 0 spiro atoms. The van der Waals surface area contributed by atoms with Crippen molar-refractivity contribution in [3.8, 4) is 0 Å². The topological polar surface area (TPSA) is 68.2 Å². The number of nitrogens with one attached hydrogen (secondary N) is 2. The maximum Gasteiger partial charge on any atom is 0.315 e. The number of ether oxygens (including phenoxy) is 1. The summed E-state index contributed by atoms with van der Waals surface area (Å²) in [5.74, 6) is 1.45. The predicted octanol–water partition coefficient (Wildman–Crippen LogP) is 2.13. The Balaban J connectivity index is 1.31. The van der Waals surface area contributed by atoms with Crippen LogP contribution in [0.25, 0.3) is 0 Å². The molecule has 2 amide bonds. The highest BCUT2D eigenvalue weighted by atomic mass is 16.5. The molecule has 2 saturated carbocycles. The van der Waals surface area contributed by atoms with Gasteiger partial charge >= 0.3 is 6.03 Å². The number of amides is 2. The quantitative estimate of drug-likeness (QED) is 0.874. The molecule has 1 aromatic heterocycles. The Bertz CT molecular complexity index is 553. The number of rotatable bonds is 5. The minimum Gasteiger partial charge on any atom is -0.372 e. The molecule has 1 saturated heterocycles. The van der Waals surface area contributed by atoms with Gasteiger partial charge in [-0.25, -0.2) is 9.78 Å². The van der Waals surface area contributed by atoms with E-state index in [0.717, 1.165) is 30.4 Å². The third kappa shape index (κ3) is 3.52. The number of imidazole rings is 1. The van der Waals surface area contributed by atoms with E-state index in [2.05, 4.69) is 15.6 Å². The maximum atomic E-state index is 12.4. The first kappa shape index (κ1) is 15.0. The van der Waals surface area contributed by atoms with Gasteiger partial charge < -0.3 is 19.9 Å². The van der Waals surface area contributed by atoms with Crippen LogP contribution in [0.5, 0.6) is 0 Å². The molecule has 6 nitrogen and oxygen atoms in total. The van der Waals surface area contributed by atoms with E-state index in [1.54, 1.807) is 6.33 Å². The third-order valence-corrected chi connectivity index (χ3v) is 5.36. The van der Waals surface area contributed by atoms with Gasteiger partial charge in [-0.15, -0.1) is 0 Å². The van der Waals surface area contributed by atoms with Crippen LogP contribution in [0.1, 0.15) is 50.3 Å². The largest absolute Gasteiger partial charge is 0.372 e. The Hall–Kier alpha value is -1.56. The molecule has 2 aliphatic carbocycles. The summed E-state index contributed by atoms with van der Waals surface area (Å²) in [6.07, 6.45) is 10.5. The lowest BCUT2D eigenvalue weighted by Gasteiger charge is -2.31. The SMILES string of the molecule is Cn1cncc1[C@@H]1C[C@H](NC(=O)NC(C2CC2)C2CC2)CCO1. The number of aromatic nitrogens is 2. The van der Waals surface area contributed by atoms with E-state index in [9.17, 15) is 4.79 Å². The number of carbonyl (C=O) groups excluding carboxylic acids is 1. The molecule has 1 aliphatic heterocycles. The molecule has 0 bridgehead atoms. The average molecular weight is 318 g/mol. The molecular weight excluding hydrogens is 292 g/mol. The summed E-state index contributed by atoms with van der Waals surface area (Å²) in [4.78, 5) is 16.5. The number of aryl methyl sites for hydroxylation is 1. The Labute approximate surface area is 137 Å². The van der Waals surface area contributed by atoms with E-state index in [4.69, 9.17) is 4.74 Å². The summed E-state index contributed by atoms with van der Waals surface area (Å²) in [5.41, 5.74) is 1.07. The van der Waals surface area contributed by atoms with Gasteiger partial charge in [0.05, 0.1) is 18.2 Å². The van der Waals surface area contributed by atoms with Gasteiger partial charge in [-0.1, -0.05) is 0 Å².